The number of carbonyl (C=O) groups is 2. The van der Waals surface area contributed by atoms with E-state index in [2.05, 4.69) is 4.98 Å². The zero-order valence-electron chi connectivity index (χ0n) is 11.9. The van der Waals surface area contributed by atoms with Crippen LogP contribution in [0.1, 0.15) is 15.9 Å². The van der Waals surface area contributed by atoms with Crippen LogP contribution in [-0.2, 0) is 6.18 Å². The molecular weight excluding hydrogens is 373 g/mol. The summed E-state index contributed by atoms with van der Waals surface area (Å²) in [5, 5.41) is 2.96. The molecule has 5 nitrogen and oxygen atoms in total. The number of halogens is 6. The summed E-state index contributed by atoms with van der Waals surface area (Å²) in [7, 11) is 0. The first-order valence-electron chi connectivity index (χ1n) is 6.38. The van der Waals surface area contributed by atoms with Gasteiger partial charge in [-0.15, -0.1) is 0 Å². The van der Waals surface area contributed by atoms with Crippen LogP contribution in [0.3, 0.4) is 0 Å². The molecule has 1 aromatic carbocycles. The summed E-state index contributed by atoms with van der Waals surface area (Å²) in [5.74, 6) is -4.27. The molecule has 0 saturated carbocycles. The van der Waals surface area contributed by atoms with E-state index in [1.54, 1.807) is 5.32 Å². The second-order valence-corrected chi connectivity index (χ2v) is 4.96. The minimum atomic E-state index is -4.68. The zero-order chi connectivity index (χ0) is 18.8. The predicted molar refractivity (Wildman–Crippen MR) is 77.1 cm³/mol. The van der Waals surface area contributed by atoms with Gasteiger partial charge < -0.3 is 0 Å². The molecular formula is C14H7ClF5N3O2. The summed E-state index contributed by atoms with van der Waals surface area (Å²) in [6.07, 6.45) is -4.27. The number of amides is 3. The number of benzene rings is 1. The van der Waals surface area contributed by atoms with Gasteiger partial charge in [-0.3, -0.25) is 15.4 Å². The summed E-state index contributed by atoms with van der Waals surface area (Å²) < 4.78 is 64.3. The van der Waals surface area contributed by atoms with Gasteiger partial charge in [-0.25, -0.2) is 18.6 Å². The van der Waals surface area contributed by atoms with Crippen LogP contribution in [-0.4, -0.2) is 16.9 Å². The number of anilines is 1. The Kier molecular flexibility index (Phi) is 5.21. The Morgan fingerprint density at radius 1 is 1.12 bits per heavy atom. The number of carbonyl (C=O) groups excluding carboxylic acids is 2. The third kappa shape index (κ3) is 4.41. The van der Waals surface area contributed by atoms with E-state index in [0.29, 0.717) is 12.3 Å². The number of alkyl halides is 3. The number of rotatable bonds is 2. The Bertz CT molecular complexity index is 821. The van der Waals surface area contributed by atoms with Crippen molar-refractivity contribution in [3.05, 3.63) is 58.2 Å². The van der Waals surface area contributed by atoms with Crippen molar-refractivity contribution in [1.29, 1.82) is 0 Å². The van der Waals surface area contributed by atoms with Crippen molar-refractivity contribution in [1.82, 2.24) is 10.3 Å². The number of nitrogens with zero attached hydrogens (tertiary/aromatic N) is 1. The highest BCUT2D eigenvalue weighted by Crippen LogP contribution is 2.32. The van der Waals surface area contributed by atoms with E-state index in [1.807, 2.05) is 5.32 Å². The maximum Gasteiger partial charge on any atom is 0.417 e. The van der Waals surface area contributed by atoms with Gasteiger partial charge in [0.2, 0.25) is 0 Å². The molecule has 0 saturated heterocycles. The van der Waals surface area contributed by atoms with Crippen molar-refractivity contribution in [3.8, 4) is 0 Å². The first kappa shape index (κ1) is 18.6. The van der Waals surface area contributed by atoms with E-state index in [-0.39, 0.29) is 0 Å². The van der Waals surface area contributed by atoms with Crippen molar-refractivity contribution >= 4 is 29.4 Å². The van der Waals surface area contributed by atoms with Gasteiger partial charge >= 0.3 is 12.2 Å². The molecule has 2 aromatic rings. The maximum absolute atomic E-state index is 13.4. The van der Waals surface area contributed by atoms with E-state index in [4.69, 9.17) is 11.6 Å². The lowest BCUT2D eigenvalue weighted by molar-refractivity contribution is -0.137. The molecule has 0 unspecified atom stereocenters. The van der Waals surface area contributed by atoms with Gasteiger partial charge in [-0.1, -0.05) is 17.7 Å². The summed E-state index contributed by atoms with van der Waals surface area (Å²) >= 11 is 5.57. The third-order valence-corrected chi connectivity index (χ3v) is 3.11. The Morgan fingerprint density at radius 3 is 2.24 bits per heavy atom. The summed E-state index contributed by atoms with van der Waals surface area (Å²) in [5.41, 5.74) is -2.14. The first-order valence-corrected chi connectivity index (χ1v) is 6.76. The quantitative estimate of drug-likeness (QED) is 0.775. The van der Waals surface area contributed by atoms with Crippen LogP contribution < -0.4 is 10.6 Å². The molecule has 2 rings (SSSR count). The van der Waals surface area contributed by atoms with Gasteiger partial charge in [0.05, 0.1) is 10.6 Å². The van der Waals surface area contributed by atoms with Gasteiger partial charge in [0.15, 0.2) is 5.82 Å². The zero-order valence-corrected chi connectivity index (χ0v) is 12.7. The Balaban J connectivity index is 2.12. The van der Waals surface area contributed by atoms with Crippen molar-refractivity contribution in [2.75, 3.05) is 5.32 Å². The molecule has 132 valence electrons. The number of nitrogens with one attached hydrogen (secondary N) is 2. The molecule has 0 aliphatic heterocycles. The number of aromatic nitrogens is 1. The Morgan fingerprint density at radius 2 is 1.72 bits per heavy atom. The highest BCUT2D eigenvalue weighted by Gasteiger charge is 2.31. The fourth-order valence-electron chi connectivity index (χ4n) is 1.70. The summed E-state index contributed by atoms with van der Waals surface area (Å²) in [6, 6.07) is 1.87. The molecule has 0 atom stereocenters. The molecule has 25 heavy (non-hydrogen) atoms. The van der Waals surface area contributed by atoms with Crippen LogP contribution in [0.15, 0.2) is 30.5 Å². The van der Waals surface area contributed by atoms with Crippen molar-refractivity contribution in [2.24, 2.45) is 0 Å². The first-order chi connectivity index (χ1) is 11.6. The highest BCUT2D eigenvalue weighted by molar-refractivity contribution is 6.33. The van der Waals surface area contributed by atoms with E-state index in [9.17, 15) is 31.5 Å². The van der Waals surface area contributed by atoms with Crippen LogP contribution in [0, 0.1) is 11.6 Å². The molecule has 2 N–H and O–H groups in total. The van der Waals surface area contributed by atoms with Crippen LogP contribution in [0.2, 0.25) is 5.02 Å². The lowest BCUT2D eigenvalue weighted by Crippen LogP contribution is -2.35. The van der Waals surface area contributed by atoms with E-state index in [1.165, 1.54) is 0 Å². The van der Waals surface area contributed by atoms with Gasteiger partial charge in [0, 0.05) is 6.20 Å². The Hall–Kier alpha value is -2.75. The molecule has 3 amide bonds. The molecule has 1 heterocycles. The lowest BCUT2D eigenvalue weighted by Gasteiger charge is -2.10. The predicted octanol–water partition coefficient (Wildman–Crippen LogP) is 3.99. The summed E-state index contributed by atoms with van der Waals surface area (Å²) in [4.78, 5) is 26.7. The fourth-order valence-corrected chi connectivity index (χ4v) is 1.92. The number of hydrogen-bond acceptors (Lipinski definition) is 3. The minimum absolute atomic E-state index is 0.417. The van der Waals surface area contributed by atoms with Gasteiger partial charge in [-0.2, -0.15) is 13.2 Å². The van der Waals surface area contributed by atoms with Gasteiger partial charge in [0.1, 0.15) is 17.2 Å². The average molecular weight is 380 g/mol. The SMILES string of the molecule is O=C(NC(=O)c1c(F)cccc1F)Nc1ncc(C(F)(F)F)cc1Cl. The normalized spacial score (nSPS) is 11.1. The lowest BCUT2D eigenvalue weighted by atomic mass is 10.2. The van der Waals surface area contributed by atoms with Crippen molar-refractivity contribution < 1.29 is 31.5 Å². The van der Waals surface area contributed by atoms with E-state index >= 15 is 0 Å². The average Bonchev–Trinajstić information content (AvgIpc) is 2.48. The number of imide groups is 1. The minimum Gasteiger partial charge on any atom is -0.291 e. The van der Waals surface area contributed by atoms with Gasteiger partial charge in [0.25, 0.3) is 5.91 Å². The van der Waals surface area contributed by atoms with Gasteiger partial charge in [-0.05, 0) is 18.2 Å². The number of hydrogen-bond donors (Lipinski definition) is 2. The fraction of sp³-hybridized carbons (Fsp3) is 0.0714. The molecule has 0 radical (unpaired) electrons. The molecule has 0 aliphatic carbocycles. The molecule has 1 aromatic heterocycles. The molecule has 0 spiro atoms. The van der Waals surface area contributed by atoms with E-state index < -0.39 is 51.7 Å². The third-order valence-electron chi connectivity index (χ3n) is 2.82. The largest absolute Gasteiger partial charge is 0.417 e. The van der Waals surface area contributed by atoms with E-state index in [0.717, 1.165) is 18.2 Å². The van der Waals surface area contributed by atoms with Crippen LogP contribution in [0.4, 0.5) is 32.6 Å². The van der Waals surface area contributed by atoms with Crippen molar-refractivity contribution in [3.63, 3.8) is 0 Å². The number of pyridine rings is 1. The molecule has 0 aliphatic rings. The second kappa shape index (κ2) is 7.01. The maximum atomic E-state index is 13.4. The summed E-state index contributed by atoms with van der Waals surface area (Å²) in [6.45, 7) is 0. The van der Waals surface area contributed by atoms with Crippen LogP contribution in [0.5, 0.6) is 0 Å². The van der Waals surface area contributed by atoms with Crippen LogP contribution >= 0.6 is 11.6 Å². The number of urea groups is 1. The second-order valence-electron chi connectivity index (χ2n) is 4.56. The highest BCUT2D eigenvalue weighted by atomic mass is 35.5. The smallest absolute Gasteiger partial charge is 0.291 e. The molecule has 0 fully saturated rings. The molecule has 11 heteroatoms. The standard InChI is InChI=1S/C14H7ClF5N3O2/c15-7-4-6(14(18,19)20)5-21-11(7)22-13(25)23-12(24)10-8(16)2-1-3-9(10)17/h1-5H,(H2,21,22,23,24,25). The van der Waals surface area contributed by atoms with Crippen LogP contribution in [0.25, 0.3) is 0 Å². The monoisotopic (exact) mass is 379 g/mol. The topological polar surface area (TPSA) is 71.1 Å². The molecule has 0 bridgehead atoms. The van der Waals surface area contributed by atoms with Crippen molar-refractivity contribution in [2.45, 2.75) is 6.18 Å². The Labute approximate surface area is 141 Å².